The third kappa shape index (κ3) is 5.41. The van der Waals surface area contributed by atoms with Gasteiger partial charge in [0.05, 0.1) is 0 Å². The summed E-state index contributed by atoms with van der Waals surface area (Å²) in [6.07, 6.45) is 6.96. The van der Waals surface area contributed by atoms with E-state index >= 15 is 0 Å². The van der Waals surface area contributed by atoms with E-state index < -0.39 is 0 Å². The Labute approximate surface area is 201 Å². The van der Waals surface area contributed by atoms with Crippen LogP contribution >= 0.6 is 0 Å². The van der Waals surface area contributed by atoms with Crippen LogP contribution in [0.25, 0.3) is 11.4 Å². The van der Waals surface area contributed by atoms with E-state index in [4.69, 9.17) is 4.52 Å². The van der Waals surface area contributed by atoms with Crippen LogP contribution in [-0.4, -0.2) is 53.8 Å². The van der Waals surface area contributed by atoms with Gasteiger partial charge in [0.2, 0.25) is 11.7 Å². The molecule has 7 heteroatoms. The van der Waals surface area contributed by atoms with Crippen molar-refractivity contribution in [2.24, 2.45) is 0 Å². The summed E-state index contributed by atoms with van der Waals surface area (Å²) >= 11 is 0. The molecule has 1 aliphatic heterocycles. The Morgan fingerprint density at radius 1 is 0.941 bits per heavy atom. The lowest BCUT2D eigenvalue weighted by Crippen LogP contribution is -2.52. The van der Waals surface area contributed by atoms with Crippen LogP contribution in [0.2, 0.25) is 0 Å². The molecule has 2 fully saturated rings. The molecular formula is C27H33N5O2. The highest BCUT2D eigenvalue weighted by molar-refractivity contribution is 5.74. The van der Waals surface area contributed by atoms with Gasteiger partial charge in [0, 0.05) is 49.9 Å². The van der Waals surface area contributed by atoms with Crippen LogP contribution in [0.1, 0.15) is 49.5 Å². The minimum Gasteiger partial charge on any atom is -0.368 e. The first-order chi connectivity index (χ1) is 16.8. The van der Waals surface area contributed by atoms with Gasteiger partial charge in [-0.15, -0.1) is 0 Å². The minimum atomic E-state index is 0.0248. The van der Waals surface area contributed by atoms with E-state index in [-0.39, 0.29) is 6.03 Å². The van der Waals surface area contributed by atoms with Crippen LogP contribution in [0, 0.1) is 0 Å². The number of hydrogen-bond acceptors (Lipinski definition) is 5. The maximum Gasteiger partial charge on any atom is 0.317 e. The molecule has 1 saturated heterocycles. The average molecular weight is 460 g/mol. The lowest BCUT2D eigenvalue weighted by molar-refractivity contribution is 0.194. The Kier molecular flexibility index (Phi) is 7.08. The van der Waals surface area contributed by atoms with Gasteiger partial charge in [-0.3, -0.25) is 0 Å². The Morgan fingerprint density at radius 2 is 1.68 bits per heavy atom. The van der Waals surface area contributed by atoms with Crippen molar-refractivity contribution in [3.8, 4) is 11.4 Å². The molecule has 2 aromatic carbocycles. The summed E-state index contributed by atoms with van der Waals surface area (Å²) in [5.74, 6) is 1.88. The third-order valence-corrected chi connectivity index (χ3v) is 6.99. The highest BCUT2D eigenvalue weighted by Gasteiger charge is 2.23. The molecule has 2 heterocycles. The number of piperazine rings is 1. The number of anilines is 1. The van der Waals surface area contributed by atoms with Gasteiger partial charge in [-0.25, -0.2) is 4.79 Å². The molecule has 1 saturated carbocycles. The monoisotopic (exact) mass is 459 g/mol. The fraction of sp³-hybridized carbons (Fsp3) is 0.444. The Morgan fingerprint density at radius 3 is 2.41 bits per heavy atom. The standard InChI is InChI=1S/C27H33N5O2/c33-27(28-16-15-21-7-3-1-4-8-21)32-19-17-31(18-20-32)24-13-11-22(12-14-24)25-29-26(34-30-25)23-9-5-2-6-10-23/h1,3-4,7-8,11-14,23H,2,5-6,9-10,15-20H2,(H,28,33). The van der Waals surface area contributed by atoms with Crippen molar-refractivity contribution in [2.75, 3.05) is 37.6 Å². The molecule has 1 aromatic heterocycles. The molecule has 1 N–H and O–H groups in total. The largest absolute Gasteiger partial charge is 0.368 e. The summed E-state index contributed by atoms with van der Waals surface area (Å²) in [5.41, 5.74) is 3.37. The number of aromatic nitrogens is 2. The van der Waals surface area contributed by atoms with E-state index in [0.717, 1.165) is 49.5 Å². The number of benzene rings is 2. The quantitative estimate of drug-likeness (QED) is 0.570. The van der Waals surface area contributed by atoms with Crippen molar-refractivity contribution in [2.45, 2.75) is 44.4 Å². The third-order valence-electron chi connectivity index (χ3n) is 6.99. The summed E-state index contributed by atoms with van der Waals surface area (Å²) in [5, 5.41) is 7.28. The molecular weight excluding hydrogens is 426 g/mol. The van der Waals surface area contributed by atoms with Crippen molar-refractivity contribution in [3.63, 3.8) is 0 Å². The van der Waals surface area contributed by atoms with Gasteiger partial charge in [0.1, 0.15) is 0 Å². The Balaban J connectivity index is 1.10. The Hall–Kier alpha value is -3.35. The van der Waals surface area contributed by atoms with E-state index in [2.05, 4.69) is 56.8 Å². The second-order valence-corrected chi connectivity index (χ2v) is 9.28. The topological polar surface area (TPSA) is 74.5 Å². The molecule has 34 heavy (non-hydrogen) atoms. The molecule has 178 valence electrons. The van der Waals surface area contributed by atoms with Crippen molar-refractivity contribution in [1.82, 2.24) is 20.4 Å². The molecule has 0 atom stereocenters. The summed E-state index contributed by atoms with van der Waals surface area (Å²) in [7, 11) is 0. The van der Waals surface area contributed by atoms with Gasteiger partial charge in [0.15, 0.2) is 0 Å². The summed E-state index contributed by atoms with van der Waals surface area (Å²) in [4.78, 5) is 21.4. The zero-order valence-electron chi connectivity index (χ0n) is 19.7. The first kappa shape index (κ1) is 22.4. The number of hydrogen-bond donors (Lipinski definition) is 1. The molecule has 5 rings (SSSR count). The second-order valence-electron chi connectivity index (χ2n) is 9.28. The molecule has 2 amide bonds. The van der Waals surface area contributed by atoms with Crippen molar-refractivity contribution in [1.29, 1.82) is 0 Å². The van der Waals surface area contributed by atoms with E-state index in [1.807, 2.05) is 23.1 Å². The van der Waals surface area contributed by atoms with Gasteiger partial charge in [-0.1, -0.05) is 54.8 Å². The molecule has 1 aliphatic carbocycles. The van der Waals surface area contributed by atoms with E-state index in [1.54, 1.807) is 0 Å². The predicted molar refractivity (Wildman–Crippen MR) is 133 cm³/mol. The Bertz CT molecular complexity index is 1050. The van der Waals surface area contributed by atoms with E-state index in [9.17, 15) is 4.79 Å². The number of nitrogens with one attached hydrogen (secondary N) is 1. The first-order valence-corrected chi connectivity index (χ1v) is 12.5. The van der Waals surface area contributed by atoms with Gasteiger partial charge in [-0.2, -0.15) is 4.98 Å². The number of urea groups is 1. The SMILES string of the molecule is O=C(NCCc1ccccc1)N1CCN(c2ccc(-c3noc(C4CCCCC4)n3)cc2)CC1. The van der Waals surface area contributed by atoms with Gasteiger partial charge >= 0.3 is 6.03 Å². The molecule has 3 aromatic rings. The van der Waals surface area contributed by atoms with Crippen molar-refractivity contribution in [3.05, 3.63) is 66.1 Å². The van der Waals surface area contributed by atoms with Crippen molar-refractivity contribution < 1.29 is 9.32 Å². The zero-order chi connectivity index (χ0) is 23.2. The highest BCUT2D eigenvalue weighted by atomic mass is 16.5. The molecule has 2 aliphatic rings. The van der Waals surface area contributed by atoms with Gasteiger partial charge in [0.25, 0.3) is 0 Å². The minimum absolute atomic E-state index is 0.0248. The second kappa shape index (κ2) is 10.7. The molecule has 7 nitrogen and oxygen atoms in total. The summed E-state index contributed by atoms with van der Waals surface area (Å²) in [6, 6.07) is 18.6. The smallest absolute Gasteiger partial charge is 0.317 e. The molecule has 0 bridgehead atoms. The molecule has 0 spiro atoms. The van der Waals surface area contributed by atoms with Crippen LogP contribution in [0.3, 0.4) is 0 Å². The zero-order valence-corrected chi connectivity index (χ0v) is 19.7. The lowest BCUT2D eigenvalue weighted by Gasteiger charge is -2.36. The summed E-state index contributed by atoms with van der Waals surface area (Å²) in [6.45, 7) is 3.73. The number of carbonyl (C=O) groups excluding carboxylic acids is 1. The predicted octanol–water partition coefficient (Wildman–Crippen LogP) is 4.86. The fourth-order valence-electron chi connectivity index (χ4n) is 4.93. The first-order valence-electron chi connectivity index (χ1n) is 12.5. The van der Waals surface area contributed by atoms with Crippen LogP contribution in [0.4, 0.5) is 10.5 Å². The average Bonchev–Trinajstić information content (AvgIpc) is 3.40. The fourth-order valence-corrected chi connectivity index (χ4v) is 4.93. The highest BCUT2D eigenvalue weighted by Crippen LogP contribution is 2.32. The van der Waals surface area contributed by atoms with Gasteiger partial charge in [-0.05, 0) is 49.1 Å². The summed E-state index contributed by atoms with van der Waals surface area (Å²) < 4.78 is 5.58. The van der Waals surface area contributed by atoms with Crippen LogP contribution in [0.15, 0.2) is 59.1 Å². The molecule has 0 unspecified atom stereocenters. The number of amides is 2. The normalized spacial score (nSPS) is 17.1. The molecule has 0 radical (unpaired) electrons. The van der Waals surface area contributed by atoms with Gasteiger partial charge < -0.3 is 19.6 Å². The van der Waals surface area contributed by atoms with Crippen molar-refractivity contribution >= 4 is 11.7 Å². The number of rotatable bonds is 6. The van der Waals surface area contributed by atoms with Crippen LogP contribution in [0.5, 0.6) is 0 Å². The number of nitrogens with zero attached hydrogens (tertiary/aromatic N) is 4. The van der Waals surface area contributed by atoms with Crippen LogP contribution < -0.4 is 10.2 Å². The number of carbonyl (C=O) groups is 1. The van der Waals surface area contributed by atoms with E-state index in [0.29, 0.717) is 31.4 Å². The van der Waals surface area contributed by atoms with Crippen LogP contribution in [-0.2, 0) is 6.42 Å². The maximum atomic E-state index is 12.5. The maximum absolute atomic E-state index is 12.5. The lowest BCUT2D eigenvalue weighted by atomic mass is 9.89. The van der Waals surface area contributed by atoms with E-state index in [1.165, 1.54) is 24.8 Å².